The van der Waals surface area contributed by atoms with E-state index in [2.05, 4.69) is 15.6 Å². The second-order valence-electron chi connectivity index (χ2n) is 5.54. The van der Waals surface area contributed by atoms with Crippen molar-refractivity contribution in [1.29, 1.82) is 0 Å². The molecule has 9 nitrogen and oxygen atoms in total. The number of pyridine rings is 1. The third-order valence-electron chi connectivity index (χ3n) is 3.30. The molecule has 2 amide bonds. The molecule has 2 rings (SSSR count). The minimum Gasteiger partial charge on any atom is -0.505 e. The van der Waals surface area contributed by atoms with E-state index in [1.54, 1.807) is 38.4 Å². The van der Waals surface area contributed by atoms with Gasteiger partial charge in [-0.3, -0.25) is 14.4 Å². The van der Waals surface area contributed by atoms with E-state index in [1.807, 2.05) is 0 Å². The van der Waals surface area contributed by atoms with Gasteiger partial charge in [-0.15, -0.1) is 0 Å². The maximum Gasteiger partial charge on any atom is 0.322 e. The van der Waals surface area contributed by atoms with Crippen LogP contribution in [0, 0.1) is 0 Å². The molecular weight excluding hydrogens is 340 g/mol. The number of aromatic nitrogens is 1. The largest absolute Gasteiger partial charge is 0.505 e. The molecule has 0 aliphatic rings. The van der Waals surface area contributed by atoms with Crippen LogP contribution >= 0.6 is 0 Å². The zero-order valence-electron chi connectivity index (χ0n) is 14.2. The van der Waals surface area contributed by atoms with Crippen molar-refractivity contribution < 1.29 is 24.6 Å². The van der Waals surface area contributed by atoms with E-state index < -0.39 is 18.4 Å². The number of amides is 2. The number of carbonyl (C=O) groups excluding carboxylic acids is 2. The summed E-state index contributed by atoms with van der Waals surface area (Å²) in [5.74, 6) is -2.24. The molecule has 0 bridgehead atoms. The zero-order valence-corrected chi connectivity index (χ0v) is 14.2. The fourth-order valence-corrected chi connectivity index (χ4v) is 2.03. The van der Waals surface area contributed by atoms with Crippen molar-refractivity contribution in [3.63, 3.8) is 0 Å². The van der Waals surface area contributed by atoms with Crippen molar-refractivity contribution in [1.82, 2.24) is 15.2 Å². The predicted octanol–water partition coefficient (Wildman–Crippen LogP) is 1.05. The van der Waals surface area contributed by atoms with Crippen LogP contribution in [0.3, 0.4) is 0 Å². The van der Waals surface area contributed by atoms with Gasteiger partial charge in [0.15, 0.2) is 5.69 Å². The van der Waals surface area contributed by atoms with Gasteiger partial charge in [-0.25, -0.2) is 4.98 Å². The molecule has 0 saturated heterocycles. The molecule has 136 valence electrons. The van der Waals surface area contributed by atoms with Gasteiger partial charge in [-0.05, 0) is 36.4 Å². The first-order valence-corrected chi connectivity index (χ1v) is 7.56. The molecule has 26 heavy (non-hydrogen) atoms. The highest BCUT2D eigenvalue weighted by Gasteiger charge is 2.15. The SMILES string of the molecule is CN(C)C(=O)c1ccc(Nc2ccc(O)c(C(=O)NCC(=O)O)n2)cc1. The number of anilines is 2. The van der Waals surface area contributed by atoms with E-state index >= 15 is 0 Å². The molecular formula is C17H18N4O5. The Morgan fingerprint density at radius 2 is 1.73 bits per heavy atom. The van der Waals surface area contributed by atoms with Gasteiger partial charge in [0.1, 0.15) is 18.1 Å². The summed E-state index contributed by atoms with van der Waals surface area (Å²) in [5.41, 5.74) is 0.846. The summed E-state index contributed by atoms with van der Waals surface area (Å²) >= 11 is 0. The van der Waals surface area contributed by atoms with E-state index in [0.717, 1.165) is 0 Å². The van der Waals surface area contributed by atoms with Crippen LogP contribution in [0.4, 0.5) is 11.5 Å². The maximum absolute atomic E-state index is 11.9. The normalized spacial score (nSPS) is 10.1. The van der Waals surface area contributed by atoms with Crippen molar-refractivity contribution in [2.24, 2.45) is 0 Å². The third-order valence-corrected chi connectivity index (χ3v) is 3.30. The van der Waals surface area contributed by atoms with E-state index in [9.17, 15) is 19.5 Å². The topological polar surface area (TPSA) is 132 Å². The van der Waals surface area contributed by atoms with Gasteiger partial charge in [0.25, 0.3) is 11.8 Å². The highest BCUT2D eigenvalue weighted by molar-refractivity contribution is 5.97. The molecule has 0 unspecified atom stereocenters. The maximum atomic E-state index is 11.9. The van der Waals surface area contributed by atoms with Crippen molar-refractivity contribution >= 4 is 29.3 Å². The summed E-state index contributed by atoms with van der Waals surface area (Å²) in [6.07, 6.45) is 0. The zero-order chi connectivity index (χ0) is 19.3. The molecule has 1 heterocycles. The lowest BCUT2D eigenvalue weighted by molar-refractivity contribution is -0.135. The average Bonchev–Trinajstić information content (AvgIpc) is 2.61. The van der Waals surface area contributed by atoms with Gasteiger partial charge in [-0.1, -0.05) is 0 Å². The minimum atomic E-state index is -1.21. The molecule has 1 aromatic carbocycles. The number of rotatable bonds is 6. The number of nitrogens with one attached hydrogen (secondary N) is 2. The van der Waals surface area contributed by atoms with Crippen LogP contribution in [0.1, 0.15) is 20.8 Å². The Bertz CT molecular complexity index is 834. The lowest BCUT2D eigenvalue weighted by Gasteiger charge is -2.12. The van der Waals surface area contributed by atoms with Crippen molar-refractivity contribution in [2.45, 2.75) is 0 Å². The second kappa shape index (κ2) is 7.97. The number of aliphatic carboxylic acids is 1. The smallest absolute Gasteiger partial charge is 0.322 e. The second-order valence-corrected chi connectivity index (χ2v) is 5.54. The van der Waals surface area contributed by atoms with Crippen LogP contribution in [0.15, 0.2) is 36.4 Å². The number of carboxylic acids is 1. The van der Waals surface area contributed by atoms with Crippen LogP contribution in [-0.4, -0.2) is 58.5 Å². The predicted molar refractivity (Wildman–Crippen MR) is 93.6 cm³/mol. The monoisotopic (exact) mass is 358 g/mol. The highest BCUT2D eigenvalue weighted by Crippen LogP contribution is 2.21. The number of hydrogen-bond donors (Lipinski definition) is 4. The molecule has 0 spiro atoms. The van der Waals surface area contributed by atoms with Crippen molar-refractivity contribution in [3.05, 3.63) is 47.7 Å². The molecule has 4 N–H and O–H groups in total. The molecule has 0 aliphatic carbocycles. The fraction of sp³-hybridized carbons (Fsp3) is 0.176. The lowest BCUT2D eigenvalue weighted by Crippen LogP contribution is -2.30. The first-order chi connectivity index (χ1) is 12.3. The summed E-state index contributed by atoms with van der Waals surface area (Å²) in [4.78, 5) is 39.7. The Labute approximate surface area is 149 Å². The quantitative estimate of drug-likeness (QED) is 0.607. The van der Waals surface area contributed by atoms with Crippen LogP contribution in [0.25, 0.3) is 0 Å². The minimum absolute atomic E-state index is 0.128. The van der Waals surface area contributed by atoms with E-state index in [0.29, 0.717) is 11.3 Å². The summed E-state index contributed by atoms with van der Waals surface area (Å²) < 4.78 is 0. The molecule has 9 heteroatoms. The number of carbonyl (C=O) groups is 3. The summed E-state index contributed by atoms with van der Waals surface area (Å²) in [7, 11) is 3.32. The van der Waals surface area contributed by atoms with E-state index in [4.69, 9.17) is 5.11 Å². The average molecular weight is 358 g/mol. The van der Waals surface area contributed by atoms with Gasteiger partial charge in [0.2, 0.25) is 0 Å². The van der Waals surface area contributed by atoms with Crippen molar-refractivity contribution in [3.8, 4) is 5.75 Å². The van der Waals surface area contributed by atoms with Crippen molar-refractivity contribution in [2.75, 3.05) is 26.0 Å². The molecule has 0 aliphatic heterocycles. The van der Waals surface area contributed by atoms with Gasteiger partial charge < -0.3 is 25.7 Å². The highest BCUT2D eigenvalue weighted by atomic mass is 16.4. The van der Waals surface area contributed by atoms with Crippen LogP contribution in [0.5, 0.6) is 5.75 Å². The fourth-order valence-electron chi connectivity index (χ4n) is 2.03. The Morgan fingerprint density at radius 1 is 1.08 bits per heavy atom. The summed E-state index contributed by atoms with van der Waals surface area (Å²) in [6.45, 7) is -0.584. The summed E-state index contributed by atoms with van der Waals surface area (Å²) in [6, 6.07) is 9.37. The van der Waals surface area contributed by atoms with Crippen LogP contribution in [0.2, 0.25) is 0 Å². The first-order valence-electron chi connectivity index (χ1n) is 7.56. The molecule has 0 atom stereocenters. The lowest BCUT2D eigenvalue weighted by atomic mass is 10.2. The third kappa shape index (κ3) is 4.69. The number of benzene rings is 1. The van der Waals surface area contributed by atoms with E-state index in [1.165, 1.54) is 17.0 Å². The Morgan fingerprint density at radius 3 is 2.31 bits per heavy atom. The number of aromatic hydroxyl groups is 1. The number of nitrogens with zero attached hydrogens (tertiary/aromatic N) is 2. The Hall–Kier alpha value is -3.62. The van der Waals surface area contributed by atoms with Crippen LogP contribution in [-0.2, 0) is 4.79 Å². The number of hydrogen-bond acceptors (Lipinski definition) is 6. The molecule has 0 saturated carbocycles. The van der Waals surface area contributed by atoms with Gasteiger partial charge in [0.05, 0.1) is 0 Å². The van der Waals surface area contributed by atoms with Gasteiger partial charge in [-0.2, -0.15) is 0 Å². The Balaban J connectivity index is 2.15. The Kier molecular flexibility index (Phi) is 5.74. The van der Waals surface area contributed by atoms with Gasteiger partial charge in [0, 0.05) is 25.3 Å². The molecule has 2 aromatic rings. The van der Waals surface area contributed by atoms with Gasteiger partial charge >= 0.3 is 5.97 Å². The number of carboxylic acid groups (broad SMARTS) is 1. The van der Waals surface area contributed by atoms with Crippen LogP contribution < -0.4 is 10.6 Å². The first kappa shape index (κ1) is 18.7. The molecule has 1 aromatic heterocycles. The standard InChI is InChI=1S/C17H18N4O5/c1-21(2)17(26)10-3-5-11(6-4-10)19-13-8-7-12(22)15(20-13)16(25)18-9-14(23)24/h3-8,22H,9H2,1-2H3,(H,18,25)(H,19,20)(H,23,24). The molecule has 0 fully saturated rings. The molecule has 0 radical (unpaired) electrons. The van der Waals surface area contributed by atoms with E-state index in [-0.39, 0.29) is 23.2 Å². The summed E-state index contributed by atoms with van der Waals surface area (Å²) in [5, 5.41) is 23.4.